The summed E-state index contributed by atoms with van der Waals surface area (Å²) >= 11 is 0. The first kappa shape index (κ1) is 15.5. The molecule has 0 unspecified atom stereocenters. The Labute approximate surface area is 136 Å². The van der Waals surface area contributed by atoms with Crippen molar-refractivity contribution >= 4 is 17.5 Å². The highest BCUT2D eigenvalue weighted by molar-refractivity contribution is 6.07. The number of nitrogens with zero attached hydrogens (tertiary/aromatic N) is 1. The van der Waals surface area contributed by atoms with E-state index in [0.29, 0.717) is 35.8 Å². The van der Waals surface area contributed by atoms with Crippen LogP contribution < -0.4 is 9.47 Å². The number of aromatic hydroxyl groups is 1. The van der Waals surface area contributed by atoms with Gasteiger partial charge in [0.25, 0.3) is 0 Å². The maximum absolute atomic E-state index is 12.2. The van der Waals surface area contributed by atoms with E-state index in [4.69, 9.17) is 9.47 Å². The van der Waals surface area contributed by atoms with Crippen molar-refractivity contribution in [2.75, 3.05) is 13.2 Å². The number of hydrogen-bond acceptors (Lipinski definition) is 6. The van der Waals surface area contributed by atoms with E-state index in [9.17, 15) is 20.0 Å². The third kappa shape index (κ3) is 3.19. The van der Waals surface area contributed by atoms with Gasteiger partial charge in [-0.25, -0.2) is 0 Å². The molecule has 0 amide bonds. The number of benzene rings is 2. The summed E-state index contributed by atoms with van der Waals surface area (Å²) in [4.78, 5) is 22.3. The van der Waals surface area contributed by atoms with E-state index in [1.54, 1.807) is 18.2 Å². The van der Waals surface area contributed by atoms with Gasteiger partial charge in [0.1, 0.15) is 13.2 Å². The quantitative estimate of drug-likeness (QED) is 0.401. The van der Waals surface area contributed by atoms with Gasteiger partial charge in [0.15, 0.2) is 23.0 Å². The van der Waals surface area contributed by atoms with Gasteiger partial charge in [0.2, 0.25) is 0 Å². The van der Waals surface area contributed by atoms with Crippen LogP contribution in [0.25, 0.3) is 6.08 Å². The number of carbonyl (C=O) groups excluding carboxylic acids is 1. The Morgan fingerprint density at radius 3 is 2.62 bits per heavy atom. The second kappa shape index (κ2) is 6.41. The minimum atomic E-state index is -0.685. The Morgan fingerprint density at radius 2 is 1.88 bits per heavy atom. The first-order valence-corrected chi connectivity index (χ1v) is 7.14. The number of phenols is 1. The van der Waals surface area contributed by atoms with Crippen LogP contribution in [0, 0.1) is 10.1 Å². The molecule has 0 fully saturated rings. The summed E-state index contributed by atoms with van der Waals surface area (Å²) in [7, 11) is 0. The molecule has 2 aromatic carbocycles. The first-order valence-electron chi connectivity index (χ1n) is 7.14. The zero-order chi connectivity index (χ0) is 17.1. The molecule has 1 aliphatic rings. The van der Waals surface area contributed by atoms with E-state index in [1.807, 2.05) is 0 Å². The number of nitro groups is 1. The minimum absolute atomic E-state index is 0.275. The Bertz CT molecular complexity index is 843. The molecule has 24 heavy (non-hydrogen) atoms. The van der Waals surface area contributed by atoms with Gasteiger partial charge in [-0.3, -0.25) is 14.9 Å². The molecule has 0 radical (unpaired) electrons. The fourth-order valence-corrected chi connectivity index (χ4v) is 2.26. The van der Waals surface area contributed by atoms with Gasteiger partial charge < -0.3 is 14.6 Å². The highest BCUT2D eigenvalue weighted by Crippen LogP contribution is 2.31. The van der Waals surface area contributed by atoms with Gasteiger partial charge in [-0.05, 0) is 35.9 Å². The average molecular weight is 327 g/mol. The van der Waals surface area contributed by atoms with Crippen LogP contribution in [0.4, 0.5) is 5.69 Å². The zero-order valence-electron chi connectivity index (χ0n) is 12.5. The highest BCUT2D eigenvalue weighted by Gasteiger charge is 2.15. The van der Waals surface area contributed by atoms with Crippen LogP contribution in [-0.2, 0) is 0 Å². The zero-order valence-corrected chi connectivity index (χ0v) is 12.5. The summed E-state index contributed by atoms with van der Waals surface area (Å²) in [6.07, 6.45) is 2.76. The number of nitro benzene ring substituents is 1. The van der Waals surface area contributed by atoms with E-state index in [-0.39, 0.29) is 5.78 Å². The molecule has 0 aromatic heterocycles. The SMILES string of the molecule is O=C(C=Cc1ccc(O)c([N+](=O)[O-])c1)c1ccc2c(c1)OCCO2. The van der Waals surface area contributed by atoms with Crippen molar-refractivity contribution in [2.45, 2.75) is 0 Å². The van der Waals surface area contributed by atoms with Gasteiger partial charge in [0, 0.05) is 11.6 Å². The predicted octanol–water partition coefficient (Wildman–Crippen LogP) is 2.97. The summed E-state index contributed by atoms with van der Waals surface area (Å²) in [5, 5.41) is 20.2. The minimum Gasteiger partial charge on any atom is -0.502 e. The maximum atomic E-state index is 12.2. The summed E-state index contributed by atoms with van der Waals surface area (Å²) in [6.45, 7) is 0.900. The van der Waals surface area contributed by atoms with Crippen LogP contribution in [0.3, 0.4) is 0 Å². The van der Waals surface area contributed by atoms with Gasteiger partial charge >= 0.3 is 5.69 Å². The van der Waals surface area contributed by atoms with E-state index in [0.717, 1.165) is 0 Å². The molecule has 1 N–H and O–H groups in total. The van der Waals surface area contributed by atoms with Crippen LogP contribution in [0.5, 0.6) is 17.2 Å². The van der Waals surface area contributed by atoms with Crippen LogP contribution in [0.1, 0.15) is 15.9 Å². The van der Waals surface area contributed by atoms with Gasteiger partial charge in [-0.15, -0.1) is 0 Å². The fourth-order valence-electron chi connectivity index (χ4n) is 2.26. The smallest absolute Gasteiger partial charge is 0.311 e. The molecule has 7 nitrogen and oxygen atoms in total. The third-order valence-electron chi connectivity index (χ3n) is 3.45. The number of allylic oxidation sites excluding steroid dienone is 1. The fraction of sp³-hybridized carbons (Fsp3) is 0.118. The van der Waals surface area contributed by atoms with Crippen molar-refractivity contribution in [1.29, 1.82) is 0 Å². The largest absolute Gasteiger partial charge is 0.502 e. The predicted molar refractivity (Wildman–Crippen MR) is 85.6 cm³/mol. The lowest BCUT2D eigenvalue weighted by atomic mass is 10.1. The van der Waals surface area contributed by atoms with E-state index in [1.165, 1.54) is 30.4 Å². The lowest BCUT2D eigenvalue weighted by molar-refractivity contribution is -0.385. The van der Waals surface area contributed by atoms with E-state index < -0.39 is 16.4 Å². The second-order valence-corrected chi connectivity index (χ2v) is 5.06. The van der Waals surface area contributed by atoms with Crippen molar-refractivity contribution in [3.8, 4) is 17.2 Å². The molecule has 0 bridgehead atoms. The molecule has 0 saturated carbocycles. The van der Waals surface area contributed by atoms with E-state index in [2.05, 4.69) is 0 Å². The molecule has 0 aliphatic carbocycles. The van der Waals surface area contributed by atoms with Crippen molar-refractivity contribution < 1.29 is 24.3 Å². The lowest BCUT2D eigenvalue weighted by Crippen LogP contribution is -2.15. The molecule has 1 heterocycles. The number of fused-ring (bicyclic) bond motifs is 1. The molecule has 0 spiro atoms. The average Bonchev–Trinajstić information content (AvgIpc) is 2.60. The Kier molecular flexibility index (Phi) is 4.15. The molecular weight excluding hydrogens is 314 g/mol. The summed E-state index contributed by atoms with van der Waals surface area (Å²) < 4.78 is 10.8. The van der Waals surface area contributed by atoms with Crippen molar-refractivity contribution in [3.63, 3.8) is 0 Å². The number of ether oxygens (including phenoxy) is 2. The topological polar surface area (TPSA) is 98.9 Å². The van der Waals surface area contributed by atoms with E-state index >= 15 is 0 Å². The van der Waals surface area contributed by atoms with Gasteiger partial charge in [-0.1, -0.05) is 12.1 Å². The Hall–Kier alpha value is -3.35. The Morgan fingerprint density at radius 1 is 1.12 bits per heavy atom. The number of carbonyl (C=O) groups is 1. The molecule has 0 saturated heterocycles. The molecule has 7 heteroatoms. The standard InChI is InChI=1S/C17H13NO6/c19-14(12-3-6-16-17(10-12)24-8-7-23-16)4-1-11-2-5-15(20)13(9-11)18(21)22/h1-6,9-10,20H,7-8H2. The summed E-state index contributed by atoms with van der Waals surface area (Å²) in [5.41, 5.74) is 0.443. The molecule has 122 valence electrons. The third-order valence-corrected chi connectivity index (χ3v) is 3.45. The summed E-state index contributed by atoms with van der Waals surface area (Å²) in [6, 6.07) is 8.78. The molecule has 3 rings (SSSR count). The van der Waals surface area contributed by atoms with Crippen molar-refractivity contribution in [3.05, 3.63) is 63.7 Å². The number of rotatable bonds is 4. The lowest BCUT2D eigenvalue weighted by Gasteiger charge is -2.18. The first-order chi connectivity index (χ1) is 11.5. The molecule has 2 aromatic rings. The van der Waals surface area contributed by atoms with Gasteiger partial charge in [0.05, 0.1) is 4.92 Å². The van der Waals surface area contributed by atoms with Gasteiger partial charge in [-0.2, -0.15) is 0 Å². The monoisotopic (exact) mass is 327 g/mol. The van der Waals surface area contributed by atoms with Crippen LogP contribution in [0.15, 0.2) is 42.5 Å². The number of hydrogen-bond donors (Lipinski definition) is 1. The second-order valence-electron chi connectivity index (χ2n) is 5.06. The van der Waals surface area contributed by atoms with Crippen LogP contribution >= 0.6 is 0 Å². The number of phenolic OH excluding ortho intramolecular Hbond substituents is 1. The highest BCUT2D eigenvalue weighted by atomic mass is 16.6. The Balaban J connectivity index is 1.80. The van der Waals surface area contributed by atoms with Crippen molar-refractivity contribution in [1.82, 2.24) is 0 Å². The van der Waals surface area contributed by atoms with Crippen LogP contribution in [-0.4, -0.2) is 29.0 Å². The summed E-state index contributed by atoms with van der Waals surface area (Å²) in [5.74, 6) is 0.412. The maximum Gasteiger partial charge on any atom is 0.311 e. The molecule has 1 aliphatic heterocycles. The van der Waals surface area contributed by atoms with Crippen LogP contribution in [0.2, 0.25) is 0 Å². The number of ketones is 1. The molecule has 0 atom stereocenters. The normalized spacial score (nSPS) is 13.0. The van der Waals surface area contributed by atoms with Crippen molar-refractivity contribution in [2.24, 2.45) is 0 Å². The molecular formula is C17H13NO6.